The molecule has 1 unspecified atom stereocenters. The second-order valence-corrected chi connectivity index (χ2v) is 5.09. The van der Waals surface area contributed by atoms with Gasteiger partial charge >= 0.3 is 5.97 Å². The first-order chi connectivity index (χ1) is 7.91. The summed E-state index contributed by atoms with van der Waals surface area (Å²) in [5.41, 5.74) is 0.527. The Morgan fingerprint density at radius 3 is 2.65 bits per heavy atom. The molecule has 1 aromatic rings. The largest absolute Gasteiger partial charge is 0.480 e. The zero-order valence-electron chi connectivity index (χ0n) is 9.71. The number of aliphatic carboxylic acids is 1. The van der Waals surface area contributed by atoms with Crippen molar-refractivity contribution in [2.45, 2.75) is 19.9 Å². The molecule has 94 valence electrons. The number of rotatable bonds is 5. The first-order valence-corrected chi connectivity index (χ1v) is 6.12. The molecule has 1 rings (SSSR count). The van der Waals surface area contributed by atoms with Crippen LogP contribution >= 0.6 is 15.9 Å². The van der Waals surface area contributed by atoms with Crippen molar-refractivity contribution in [3.05, 3.63) is 34.1 Å². The Morgan fingerprint density at radius 2 is 2.18 bits per heavy atom. The standard InChI is InChI=1S/C12H15BrFNO2/c1-7(2)6-15-11(12(16)17)9-4-3-8(14)5-10(9)13/h3-5,7,11,15H,6H2,1-2H3,(H,16,17). The van der Waals surface area contributed by atoms with Crippen LogP contribution in [0.5, 0.6) is 0 Å². The van der Waals surface area contributed by atoms with Gasteiger partial charge in [0.2, 0.25) is 0 Å². The highest BCUT2D eigenvalue weighted by molar-refractivity contribution is 9.10. The Labute approximate surface area is 108 Å². The van der Waals surface area contributed by atoms with Crippen LogP contribution in [0.1, 0.15) is 25.5 Å². The van der Waals surface area contributed by atoms with Crippen LogP contribution in [-0.4, -0.2) is 17.6 Å². The summed E-state index contributed by atoms with van der Waals surface area (Å²) in [6.45, 7) is 4.57. The van der Waals surface area contributed by atoms with Gasteiger partial charge < -0.3 is 10.4 Å². The molecule has 0 aliphatic carbocycles. The summed E-state index contributed by atoms with van der Waals surface area (Å²) in [6.07, 6.45) is 0. The zero-order chi connectivity index (χ0) is 13.0. The Kier molecular flexibility index (Phi) is 5.08. The molecule has 0 aromatic heterocycles. The van der Waals surface area contributed by atoms with Crippen molar-refractivity contribution in [1.29, 1.82) is 0 Å². The van der Waals surface area contributed by atoms with Gasteiger partial charge in [0.05, 0.1) is 0 Å². The Bertz CT molecular complexity index is 409. The second-order valence-electron chi connectivity index (χ2n) is 4.24. The minimum atomic E-state index is -0.974. The van der Waals surface area contributed by atoms with Gasteiger partial charge in [-0.1, -0.05) is 35.8 Å². The van der Waals surface area contributed by atoms with Crippen molar-refractivity contribution >= 4 is 21.9 Å². The average Bonchev–Trinajstić information content (AvgIpc) is 2.20. The average molecular weight is 304 g/mol. The third-order valence-corrected chi connectivity index (χ3v) is 2.94. The quantitative estimate of drug-likeness (QED) is 0.879. The molecule has 0 amide bonds. The Balaban J connectivity index is 2.93. The number of carboxylic acids is 1. The molecule has 1 aromatic carbocycles. The number of carboxylic acid groups (broad SMARTS) is 1. The monoisotopic (exact) mass is 303 g/mol. The van der Waals surface area contributed by atoms with E-state index in [-0.39, 0.29) is 0 Å². The van der Waals surface area contributed by atoms with Gasteiger partial charge in [0.15, 0.2) is 0 Å². The second kappa shape index (κ2) is 6.12. The van der Waals surface area contributed by atoms with Gasteiger partial charge in [-0.3, -0.25) is 4.79 Å². The lowest BCUT2D eigenvalue weighted by molar-refractivity contribution is -0.139. The molecule has 2 N–H and O–H groups in total. The van der Waals surface area contributed by atoms with E-state index in [4.69, 9.17) is 5.11 Å². The number of hydrogen-bond donors (Lipinski definition) is 2. The third-order valence-electron chi connectivity index (χ3n) is 2.25. The third kappa shape index (κ3) is 4.09. The van der Waals surface area contributed by atoms with Crippen LogP contribution in [0.3, 0.4) is 0 Å². The zero-order valence-corrected chi connectivity index (χ0v) is 11.3. The SMILES string of the molecule is CC(C)CNC(C(=O)O)c1ccc(F)cc1Br. The molecule has 0 fully saturated rings. The maximum Gasteiger partial charge on any atom is 0.325 e. The number of benzene rings is 1. The first kappa shape index (κ1) is 14.1. The van der Waals surface area contributed by atoms with Crippen molar-refractivity contribution < 1.29 is 14.3 Å². The summed E-state index contributed by atoms with van der Waals surface area (Å²) in [5, 5.41) is 12.1. The van der Waals surface area contributed by atoms with E-state index in [1.165, 1.54) is 18.2 Å². The molecule has 0 bridgehead atoms. The molecule has 1 atom stereocenters. The summed E-state index contributed by atoms with van der Waals surface area (Å²) < 4.78 is 13.4. The number of halogens is 2. The highest BCUT2D eigenvalue weighted by Gasteiger charge is 2.21. The molecular weight excluding hydrogens is 289 g/mol. The van der Waals surface area contributed by atoms with Crippen LogP contribution in [0.15, 0.2) is 22.7 Å². The van der Waals surface area contributed by atoms with Gasteiger partial charge in [-0.05, 0) is 30.2 Å². The smallest absolute Gasteiger partial charge is 0.325 e. The summed E-state index contributed by atoms with van der Waals surface area (Å²) in [5.74, 6) is -1.03. The minimum absolute atomic E-state index is 0.344. The number of hydrogen-bond acceptors (Lipinski definition) is 2. The Morgan fingerprint density at radius 1 is 1.53 bits per heavy atom. The fraction of sp³-hybridized carbons (Fsp3) is 0.417. The van der Waals surface area contributed by atoms with Crippen LogP contribution in [0.25, 0.3) is 0 Å². The number of carbonyl (C=O) groups is 1. The van der Waals surface area contributed by atoms with Crippen LogP contribution in [-0.2, 0) is 4.79 Å². The highest BCUT2D eigenvalue weighted by atomic mass is 79.9. The van der Waals surface area contributed by atoms with Crippen molar-refractivity contribution in [2.75, 3.05) is 6.54 Å². The van der Waals surface area contributed by atoms with Gasteiger partial charge in [0.1, 0.15) is 11.9 Å². The molecule has 0 aliphatic heterocycles. The summed E-state index contributed by atoms with van der Waals surface area (Å²) in [6, 6.07) is 3.17. The molecule has 0 heterocycles. The molecule has 0 saturated heterocycles. The van der Waals surface area contributed by atoms with E-state index in [1.807, 2.05) is 13.8 Å². The van der Waals surface area contributed by atoms with Gasteiger partial charge in [0.25, 0.3) is 0 Å². The lowest BCUT2D eigenvalue weighted by Gasteiger charge is -2.17. The molecule has 0 aliphatic rings. The fourth-order valence-corrected chi connectivity index (χ4v) is 2.00. The molecule has 3 nitrogen and oxygen atoms in total. The van der Waals surface area contributed by atoms with Gasteiger partial charge in [-0.15, -0.1) is 0 Å². The van der Waals surface area contributed by atoms with Crippen LogP contribution in [0.4, 0.5) is 4.39 Å². The number of nitrogens with one attached hydrogen (secondary N) is 1. The van der Waals surface area contributed by atoms with E-state index in [0.717, 1.165) is 0 Å². The van der Waals surface area contributed by atoms with Gasteiger partial charge in [0, 0.05) is 4.47 Å². The van der Waals surface area contributed by atoms with Crippen molar-refractivity contribution in [3.8, 4) is 0 Å². The van der Waals surface area contributed by atoms with E-state index < -0.39 is 17.8 Å². The minimum Gasteiger partial charge on any atom is -0.480 e. The fourth-order valence-electron chi connectivity index (χ4n) is 1.42. The molecule has 5 heteroatoms. The topological polar surface area (TPSA) is 49.3 Å². The maximum absolute atomic E-state index is 12.9. The van der Waals surface area contributed by atoms with E-state index in [0.29, 0.717) is 22.5 Å². The van der Waals surface area contributed by atoms with Crippen LogP contribution in [0, 0.1) is 11.7 Å². The van der Waals surface area contributed by atoms with Gasteiger partial charge in [-0.2, -0.15) is 0 Å². The van der Waals surface area contributed by atoms with Crippen LogP contribution in [0.2, 0.25) is 0 Å². The molecule has 0 saturated carbocycles. The van der Waals surface area contributed by atoms with E-state index in [1.54, 1.807) is 0 Å². The Hall–Kier alpha value is -0.940. The lowest BCUT2D eigenvalue weighted by Crippen LogP contribution is -2.31. The maximum atomic E-state index is 12.9. The van der Waals surface area contributed by atoms with Crippen molar-refractivity contribution in [2.24, 2.45) is 5.92 Å². The normalized spacial score (nSPS) is 12.8. The van der Waals surface area contributed by atoms with Gasteiger partial charge in [-0.25, -0.2) is 4.39 Å². The van der Waals surface area contributed by atoms with Crippen molar-refractivity contribution in [1.82, 2.24) is 5.32 Å². The highest BCUT2D eigenvalue weighted by Crippen LogP contribution is 2.24. The molecule has 0 radical (unpaired) electrons. The summed E-state index contributed by atoms with van der Waals surface area (Å²) >= 11 is 3.18. The predicted octanol–water partition coefficient (Wildman–Crippen LogP) is 2.96. The summed E-state index contributed by atoms with van der Waals surface area (Å²) in [7, 11) is 0. The molecular formula is C12H15BrFNO2. The summed E-state index contributed by atoms with van der Waals surface area (Å²) in [4.78, 5) is 11.2. The van der Waals surface area contributed by atoms with Crippen molar-refractivity contribution in [3.63, 3.8) is 0 Å². The van der Waals surface area contributed by atoms with E-state index >= 15 is 0 Å². The molecule has 0 spiro atoms. The lowest BCUT2D eigenvalue weighted by atomic mass is 10.1. The predicted molar refractivity (Wildman–Crippen MR) is 67.3 cm³/mol. The van der Waals surface area contributed by atoms with E-state index in [9.17, 15) is 9.18 Å². The van der Waals surface area contributed by atoms with Crippen LogP contribution < -0.4 is 5.32 Å². The van der Waals surface area contributed by atoms with E-state index in [2.05, 4.69) is 21.2 Å². The first-order valence-electron chi connectivity index (χ1n) is 5.33. The molecule has 17 heavy (non-hydrogen) atoms.